The molecule has 0 spiro atoms. The summed E-state index contributed by atoms with van der Waals surface area (Å²) in [6, 6.07) is 0. The van der Waals surface area contributed by atoms with Crippen molar-refractivity contribution < 1.29 is 0 Å². The number of rotatable bonds is 5. The molecule has 100 valence electrons. The van der Waals surface area contributed by atoms with Crippen molar-refractivity contribution in [3.63, 3.8) is 0 Å². The lowest BCUT2D eigenvalue weighted by molar-refractivity contribution is 0.210. The van der Waals surface area contributed by atoms with E-state index < -0.39 is 0 Å². The van der Waals surface area contributed by atoms with Crippen molar-refractivity contribution in [1.82, 2.24) is 15.5 Å². The van der Waals surface area contributed by atoms with Gasteiger partial charge in [-0.25, -0.2) is 0 Å². The van der Waals surface area contributed by atoms with E-state index in [1.807, 2.05) is 7.05 Å². The summed E-state index contributed by atoms with van der Waals surface area (Å²) in [4.78, 5) is 6.66. The average molecular weight is 240 g/mol. The van der Waals surface area contributed by atoms with Crippen LogP contribution in [0.4, 0.5) is 0 Å². The van der Waals surface area contributed by atoms with Crippen molar-refractivity contribution in [1.29, 1.82) is 0 Å². The van der Waals surface area contributed by atoms with Crippen LogP contribution in [0.15, 0.2) is 4.99 Å². The van der Waals surface area contributed by atoms with Crippen LogP contribution in [0.3, 0.4) is 0 Å². The molecule has 0 aromatic heterocycles. The van der Waals surface area contributed by atoms with Gasteiger partial charge in [-0.2, -0.15) is 0 Å². The normalized spacial score (nSPS) is 22.5. The van der Waals surface area contributed by atoms with E-state index in [-0.39, 0.29) is 0 Å². The van der Waals surface area contributed by atoms with Gasteiger partial charge in [0, 0.05) is 26.7 Å². The minimum absolute atomic E-state index is 0.762. The molecule has 1 unspecified atom stereocenters. The molecule has 0 radical (unpaired) electrons. The first kappa shape index (κ1) is 14.3. The Morgan fingerprint density at radius 2 is 2.24 bits per heavy atom. The van der Waals surface area contributed by atoms with Gasteiger partial charge >= 0.3 is 0 Å². The van der Waals surface area contributed by atoms with Gasteiger partial charge in [0.2, 0.25) is 0 Å². The van der Waals surface area contributed by atoms with E-state index in [1.54, 1.807) is 0 Å². The highest BCUT2D eigenvalue weighted by atomic mass is 15.2. The fraction of sp³-hybridized carbons (Fsp3) is 0.923. The molecular formula is C13H28N4. The maximum atomic E-state index is 4.24. The second-order valence-corrected chi connectivity index (χ2v) is 5.00. The van der Waals surface area contributed by atoms with Crippen LogP contribution >= 0.6 is 0 Å². The Morgan fingerprint density at radius 3 is 2.88 bits per heavy atom. The monoisotopic (exact) mass is 240 g/mol. The van der Waals surface area contributed by atoms with Crippen LogP contribution in [0.1, 0.15) is 32.6 Å². The second kappa shape index (κ2) is 8.34. The molecule has 1 atom stereocenters. The van der Waals surface area contributed by atoms with Crippen LogP contribution in [-0.2, 0) is 0 Å². The first-order valence-corrected chi connectivity index (χ1v) is 6.89. The number of hydrogen-bond acceptors (Lipinski definition) is 2. The summed E-state index contributed by atoms with van der Waals surface area (Å²) in [5.74, 6) is 1.71. The lowest BCUT2D eigenvalue weighted by Gasteiger charge is -2.30. The molecule has 4 nitrogen and oxygen atoms in total. The Morgan fingerprint density at radius 1 is 1.41 bits per heavy atom. The summed E-state index contributed by atoms with van der Waals surface area (Å²) in [7, 11) is 4.05. The van der Waals surface area contributed by atoms with Crippen LogP contribution in [0.5, 0.6) is 0 Å². The summed E-state index contributed by atoms with van der Waals surface area (Å²) in [5.41, 5.74) is 0. The zero-order chi connectivity index (χ0) is 12.5. The summed E-state index contributed by atoms with van der Waals surface area (Å²) in [6.07, 6.45) is 5.08. The molecule has 1 aliphatic rings. The van der Waals surface area contributed by atoms with Crippen molar-refractivity contribution >= 4 is 5.96 Å². The third-order valence-corrected chi connectivity index (χ3v) is 3.33. The zero-order valence-electron chi connectivity index (χ0n) is 11.6. The predicted molar refractivity (Wildman–Crippen MR) is 74.5 cm³/mol. The standard InChI is InChI=1S/C13H28N4/c1-4-5-8-15-13(14-2)16-10-12-7-6-9-17(3)11-12/h12H,4-11H2,1-3H3,(H2,14,15,16). The molecule has 1 heterocycles. The number of nitrogens with zero attached hydrogens (tertiary/aromatic N) is 2. The molecule has 0 aromatic carbocycles. The molecule has 0 aromatic rings. The Labute approximate surface area is 106 Å². The molecule has 4 heteroatoms. The number of likely N-dealkylation sites (tertiary alicyclic amines) is 1. The van der Waals surface area contributed by atoms with E-state index in [0.29, 0.717) is 0 Å². The summed E-state index contributed by atoms with van der Waals surface area (Å²) < 4.78 is 0. The van der Waals surface area contributed by atoms with Crippen LogP contribution in [0.25, 0.3) is 0 Å². The van der Waals surface area contributed by atoms with Crippen LogP contribution in [-0.4, -0.2) is 51.1 Å². The first-order chi connectivity index (χ1) is 8.26. The van der Waals surface area contributed by atoms with Crippen molar-refractivity contribution in [3.05, 3.63) is 0 Å². The van der Waals surface area contributed by atoms with E-state index in [2.05, 4.69) is 34.5 Å². The maximum Gasteiger partial charge on any atom is 0.190 e. The number of hydrogen-bond donors (Lipinski definition) is 2. The highest BCUT2D eigenvalue weighted by molar-refractivity contribution is 5.79. The maximum absolute atomic E-state index is 4.24. The Bertz CT molecular complexity index is 227. The van der Waals surface area contributed by atoms with Crippen molar-refractivity contribution in [2.24, 2.45) is 10.9 Å². The SMILES string of the molecule is CCCCNC(=NC)NCC1CCCN(C)C1. The van der Waals surface area contributed by atoms with Gasteiger partial charge in [-0.15, -0.1) is 0 Å². The third kappa shape index (κ3) is 5.91. The number of piperidine rings is 1. The molecule has 0 saturated carbocycles. The summed E-state index contributed by atoms with van der Waals surface area (Å²) >= 11 is 0. The van der Waals surface area contributed by atoms with Gasteiger partial charge in [-0.1, -0.05) is 13.3 Å². The Hall–Kier alpha value is -0.770. The molecule has 17 heavy (non-hydrogen) atoms. The van der Waals surface area contributed by atoms with Gasteiger partial charge in [0.15, 0.2) is 5.96 Å². The van der Waals surface area contributed by atoms with Crippen molar-refractivity contribution in [2.75, 3.05) is 40.3 Å². The van der Waals surface area contributed by atoms with Crippen LogP contribution in [0.2, 0.25) is 0 Å². The van der Waals surface area contributed by atoms with Gasteiger partial charge in [0.05, 0.1) is 0 Å². The average Bonchev–Trinajstić information content (AvgIpc) is 2.34. The fourth-order valence-electron chi connectivity index (χ4n) is 2.29. The van der Waals surface area contributed by atoms with Gasteiger partial charge in [-0.3, -0.25) is 4.99 Å². The van der Waals surface area contributed by atoms with Gasteiger partial charge in [-0.05, 0) is 38.8 Å². The summed E-state index contributed by atoms with van der Waals surface area (Å²) in [5, 5.41) is 6.78. The Kier molecular flexibility index (Phi) is 7.01. The van der Waals surface area contributed by atoms with Crippen molar-refractivity contribution in [3.8, 4) is 0 Å². The van der Waals surface area contributed by atoms with E-state index in [4.69, 9.17) is 0 Å². The van der Waals surface area contributed by atoms with E-state index >= 15 is 0 Å². The van der Waals surface area contributed by atoms with E-state index in [1.165, 1.54) is 38.8 Å². The molecule has 2 N–H and O–H groups in total. The lowest BCUT2D eigenvalue weighted by atomic mass is 9.99. The quantitative estimate of drug-likeness (QED) is 0.432. The molecule has 1 aliphatic heterocycles. The lowest BCUT2D eigenvalue weighted by Crippen LogP contribution is -2.43. The zero-order valence-corrected chi connectivity index (χ0v) is 11.6. The number of aliphatic imine (C=N–C) groups is 1. The van der Waals surface area contributed by atoms with Crippen molar-refractivity contribution in [2.45, 2.75) is 32.6 Å². The van der Waals surface area contributed by atoms with Crippen LogP contribution < -0.4 is 10.6 Å². The topological polar surface area (TPSA) is 39.7 Å². The first-order valence-electron chi connectivity index (χ1n) is 6.89. The van der Waals surface area contributed by atoms with E-state index in [9.17, 15) is 0 Å². The molecule has 1 saturated heterocycles. The van der Waals surface area contributed by atoms with Gasteiger partial charge in [0.1, 0.15) is 0 Å². The predicted octanol–water partition coefficient (Wildman–Crippen LogP) is 1.29. The minimum Gasteiger partial charge on any atom is -0.356 e. The molecule has 1 fully saturated rings. The molecule has 0 aliphatic carbocycles. The molecule has 0 bridgehead atoms. The largest absolute Gasteiger partial charge is 0.356 e. The van der Waals surface area contributed by atoms with Gasteiger partial charge < -0.3 is 15.5 Å². The fourth-order valence-corrected chi connectivity index (χ4v) is 2.29. The highest BCUT2D eigenvalue weighted by Crippen LogP contribution is 2.13. The summed E-state index contributed by atoms with van der Waals surface area (Å²) in [6.45, 7) is 6.71. The van der Waals surface area contributed by atoms with E-state index in [0.717, 1.165) is 25.0 Å². The van der Waals surface area contributed by atoms with Crippen LogP contribution in [0, 0.1) is 5.92 Å². The third-order valence-electron chi connectivity index (χ3n) is 3.33. The number of guanidine groups is 1. The smallest absolute Gasteiger partial charge is 0.190 e. The van der Waals surface area contributed by atoms with Gasteiger partial charge in [0.25, 0.3) is 0 Å². The molecule has 0 amide bonds. The second-order valence-electron chi connectivity index (χ2n) is 5.00. The number of unbranched alkanes of at least 4 members (excludes halogenated alkanes) is 1. The highest BCUT2D eigenvalue weighted by Gasteiger charge is 2.16. The number of nitrogens with one attached hydrogen (secondary N) is 2. The minimum atomic E-state index is 0.762. The molecule has 1 rings (SSSR count). The Balaban J connectivity index is 2.18. The molecular weight excluding hydrogens is 212 g/mol.